The molecular formula is C22H16N2O5S5. The molecule has 0 radical (unpaired) electrons. The molecule has 2 N–H and O–H groups in total. The van der Waals surface area contributed by atoms with E-state index in [0.29, 0.717) is 11.3 Å². The maximum atomic E-state index is 12.8. The number of carbonyl (C=O) groups excluding carboxylic acids is 2. The van der Waals surface area contributed by atoms with Gasteiger partial charge in [-0.2, -0.15) is 0 Å². The predicted octanol–water partition coefficient (Wildman–Crippen LogP) is 3.97. The van der Waals surface area contributed by atoms with E-state index in [0.717, 1.165) is 18.5 Å². The molecule has 2 aliphatic rings. The van der Waals surface area contributed by atoms with Crippen LogP contribution in [0.3, 0.4) is 0 Å². The molecule has 3 aromatic heterocycles. The molecule has 2 amide bonds. The second kappa shape index (κ2) is 9.70. The number of amides is 2. The Hall–Kier alpha value is -2.38. The van der Waals surface area contributed by atoms with E-state index >= 15 is 0 Å². The number of carbonyl (C=O) groups is 3. The molecule has 2 aliphatic heterocycles. The fourth-order valence-electron chi connectivity index (χ4n) is 3.68. The van der Waals surface area contributed by atoms with Crippen molar-refractivity contribution in [3.63, 3.8) is 0 Å². The largest absolute Gasteiger partial charge is 0.477 e. The van der Waals surface area contributed by atoms with Crippen LogP contribution in [0.1, 0.15) is 4.88 Å². The van der Waals surface area contributed by atoms with Gasteiger partial charge in [0.2, 0.25) is 5.91 Å². The van der Waals surface area contributed by atoms with Gasteiger partial charge < -0.3 is 10.4 Å². The molecule has 12 heteroatoms. The third-order valence-electron chi connectivity index (χ3n) is 5.20. The number of hydrogen-bond acceptors (Lipinski definition) is 9. The van der Waals surface area contributed by atoms with Gasteiger partial charge in [-0.25, -0.2) is 4.79 Å². The van der Waals surface area contributed by atoms with Crippen molar-refractivity contribution >= 4 is 84.7 Å². The summed E-state index contributed by atoms with van der Waals surface area (Å²) in [5.41, 5.74) is 0.428. The van der Waals surface area contributed by atoms with Crippen LogP contribution >= 0.6 is 57.5 Å². The van der Waals surface area contributed by atoms with Crippen LogP contribution in [0.25, 0.3) is 9.40 Å². The van der Waals surface area contributed by atoms with Crippen molar-refractivity contribution in [2.24, 2.45) is 0 Å². The number of thiophene rings is 2. The van der Waals surface area contributed by atoms with Crippen molar-refractivity contribution in [1.82, 2.24) is 10.2 Å². The van der Waals surface area contributed by atoms with E-state index in [-0.39, 0.29) is 23.5 Å². The average molecular weight is 549 g/mol. The first-order valence-corrected chi connectivity index (χ1v) is 14.5. The van der Waals surface area contributed by atoms with Crippen molar-refractivity contribution in [3.8, 4) is 0 Å². The highest BCUT2D eigenvalue weighted by molar-refractivity contribution is 8.04. The lowest BCUT2D eigenvalue weighted by Gasteiger charge is -2.49. The van der Waals surface area contributed by atoms with E-state index in [4.69, 9.17) is 0 Å². The van der Waals surface area contributed by atoms with E-state index in [1.165, 1.54) is 62.4 Å². The Kier molecular flexibility index (Phi) is 6.67. The van der Waals surface area contributed by atoms with E-state index in [1.54, 1.807) is 17.6 Å². The van der Waals surface area contributed by atoms with Gasteiger partial charge >= 0.3 is 5.97 Å². The molecule has 7 nitrogen and oxygen atoms in total. The van der Waals surface area contributed by atoms with Crippen molar-refractivity contribution in [3.05, 3.63) is 72.9 Å². The van der Waals surface area contributed by atoms with Crippen molar-refractivity contribution in [2.75, 3.05) is 5.75 Å². The molecular weight excluding hydrogens is 533 g/mol. The Bertz CT molecular complexity index is 1400. The number of β-lactam (4-membered cyclic amide) rings is 1. The van der Waals surface area contributed by atoms with Crippen LogP contribution < -0.4 is 10.7 Å². The van der Waals surface area contributed by atoms with Crippen LogP contribution in [0.15, 0.2) is 66.8 Å². The maximum Gasteiger partial charge on any atom is 0.352 e. The fourth-order valence-corrected chi connectivity index (χ4v) is 8.64. The molecule has 2 atom stereocenters. The number of carboxylic acids is 1. The summed E-state index contributed by atoms with van der Waals surface area (Å²) >= 11 is 7.14. The summed E-state index contributed by atoms with van der Waals surface area (Å²) < 4.78 is 2.46. The molecule has 5 rings (SSSR count). The maximum absolute atomic E-state index is 12.8. The topological polar surface area (TPSA) is 104 Å². The third-order valence-corrected chi connectivity index (χ3v) is 10.5. The Morgan fingerprint density at radius 3 is 2.85 bits per heavy atom. The van der Waals surface area contributed by atoms with E-state index in [9.17, 15) is 24.3 Å². The molecule has 0 spiro atoms. The summed E-state index contributed by atoms with van der Waals surface area (Å²) in [4.78, 5) is 51.5. The first-order chi connectivity index (χ1) is 16.4. The number of fused-ring (bicyclic) bond motifs is 2. The van der Waals surface area contributed by atoms with Gasteiger partial charge in [0.1, 0.15) is 17.1 Å². The third kappa shape index (κ3) is 4.48. The Morgan fingerprint density at radius 1 is 1.24 bits per heavy atom. The van der Waals surface area contributed by atoms with E-state index in [2.05, 4.69) is 5.32 Å². The lowest BCUT2D eigenvalue weighted by Crippen LogP contribution is -2.70. The molecule has 0 aliphatic carbocycles. The zero-order valence-corrected chi connectivity index (χ0v) is 21.3. The molecule has 1 fully saturated rings. The van der Waals surface area contributed by atoms with Gasteiger partial charge in [-0.1, -0.05) is 17.8 Å². The average Bonchev–Trinajstić information content (AvgIpc) is 3.49. The number of carboxylic acid groups (broad SMARTS) is 1. The van der Waals surface area contributed by atoms with Crippen LogP contribution in [0.2, 0.25) is 0 Å². The van der Waals surface area contributed by atoms with Crippen molar-refractivity contribution in [1.29, 1.82) is 0 Å². The van der Waals surface area contributed by atoms with Gasteiger partial charge in [-0.3, -0.25) is 19.3 Å². The van der Waals surface area contributed by atoms with Gasteiger partial charge in [0.25, 0.3) is 5.91 Å². The molecule has 0 saturated carbocycles. The highest BCUT2D eigenvalue weighted by atomic mass is 32.2. The zero-order chi connectivity index (χ0) is 23.8. The van der Waals surface area contributed by atoms with Crippen LogP contribution in [0.4, 0.5) is 0 Å². The highest BCUT2D eigenvalue weighted by Crippen LogP contribution is 2.41. The normalized spacial score (nSPS) is 20.0. The second-order valence-electron chi connectivity index (χ2n) is 7.35. The molecule has 174 valence electrons. The number of hydrogen-bond donors (Lipinski definition) is 2. The molecule has 3 aromatic rings. The minimum Gasteiger partial charge on any atom is -0.477 e. The minimum atomic E-state index is -1.18. The SMILES string of the molecule is O=C(Cc1cccs1)NC1C(=O)N2C(C(=O)O)=C(/C=C/Sc3cc(=O)c4sccc4s3)CSC12. The fraction of sp³-hybridized carbons (Fsp3) is 0.182. The van der Waals surface area contributed by atoms with Crippen LogP contribution in [-0.2, 0) is 20.8 Å². The summed E-state index contributed by atoms with van der Waals surface area (Å²) in [6, 6.07) is 6.47. The van der Waals surface area contributed by atoms with Crippen LogP contribution in [0, 0.1) is 0 Å². The quantitative estimate of drug-likeness (QED) is 0.340. The number of allylic oxidation sites excluding steroid dienone is 1. The lowest BCUT2D eigenvalue weighted by molar-refractivity contribution is -0.150. The molecule has 0 aromatic carbocycles. The van der Waals surface area contributed by atoms with Gasteiger partial charge in [0.05, 0.1) is 20.0 Å². The second-order valence-corrected chi connectivity index (χ2v) is 12.7. The van der Waals surface area contributed by atoms with Crippen LogP contribution in [-0.4, -0.2) is 45.0 Å². The number of thioether (sulfide) groups is 2. The Balaban J connectivity index is 1.29. The Labute approximate surface area is 214 Å². The number of nitrogens with zero attached hydrogens (tertiary/aromatic N) is 1. The van der Waals surface area contributed by atoms with Crippen LogP contribution in [0.5, 0.6) is 0 Å². The van der Waals surface area contributed by atoms with E-state index in [1.807, 2.05) is 29.0 Å². The lowest BCUT2D eigenvalue weighted by atomic mass is 10.0. The van der Waals surface area contributed by atoms with Crippen molar-refractivity contribution in [2.45, 2.75) is 22.0 Å². The molecule has 1 saturated heterocycles. The van der Waals surface area contributed by atoms with Gasteiger partial charge in [0, 0.05) is 16.7 Å². The summed E-state index contributed by atoms with van der Waals surface area (Å²) in [6.45, 7) is 0. The summed E-state index contributed by atoms with van der Waals surface area (Å²) in [7, 11) is 0. The molecule has 0 bridgehead atoms. The summed E-state index contributed by atoms with van der Waals surface area (Å²) in [5, 5.41) is 17.6. The zero-order valence-electron chi connectivity index (χ0n) is 17.3. The van der Waals surface area contributed by atoms with Crippen molar-refractivity contribution < 1.29 is 19.5 Å². The molecule has 34 heavy (non-hydrogen) atoms. The number of nitrogens with one attached hydrogen (secondary N) is 1. The van der Waals surface area contributed by atoms with E-state index < -0.39 is 23.3 Å². The predicted molar refractivity (Wildman–Crippen MR) is 139 cm³/mol. The first kappa shape index (κ1) is 23.4. The standard InChI is InChI=1S/C22H16N2O5S5/c25-13-9-16(34-14-4-7-32-19(13)14)31-6-3-11-10-33-21-17(20(27)24(21)18(11)22(28)29)23-15(26)8-12-2-1-5-30-12/h1-7,9,17,21H,8,10H2,(H,23,26)(H,28,29)/b6-3+. The smallest absolute Gasteiger partial charge is 0.352 e. The first-order valence-electron chi connectivity index (χ1n) is 10.00. The monoisotopic (exact) mass is 548 g/mol. The Morgan fingerprint density at radius 2 is 2.09 bits per heavy atom. The van der Waals surface area contributed by atoms with Gasteiger partial charge in [-0.05, 0) is 40.0 Å². The summed E-state index contributed by atoms with van der Waals surface area (Å²) in [5.74, 6) is -1.47. The number of rotatable bonds is 7. The summed E-state index contributed by atoms with van der Waals surface area (Å²) in [6.07, 6.45) is 1.87. The molecule has 2 unspecified atom stereocenters. The van der Waals surface area contributed by atoms with Gasteiger partial charge in [0.15, 0.2) is 5.43 Å². The molecule has 5 heterocycles. The van der Waals surface area contributed by atoms with Gasteiger partial charge in [-0.15, -0.1) is 45.8 Å². The number of aliphatic carboxylic acids is 1. The highest BCUT2D eigenvalue weighted by Gasteiger charge is 2.53. The minimum absolute atomic E-state index is 0.0282.